The summed E-state index contributed by atoms with van der Waals surface area (Å²) < 4.78 is 0. The maximum atomic E-state index is 11.5. The Bertz CT molecular complexity index is 640. The van der Waals surface area contributed by atoms with E-state index in [1.807, 2.05) is 6.92 Å². The first-order chi connectivity index (χ1) is 10.0. The van der Waals surface area contributed by atoms with Crippen molar-refractivity contribution >= 4 is 34.9 Å². The quantitative estimate of drug-likeness (QED) is 0.749. The van der Waals surface area contributed by atoms with Crippen molar-refractivity contribution in [2.45, 2.75) is 19.9 Å². The zero-order valence-corrected chi connectivity index (χ0v) is 12.4. The molecule has 1 unspecified atom stereocenters. The zero-order chi connectivity index (χ0) is 15.4. The van der Waals surface area contributed by atoms with Gasteiger partial charge in [-0.2, -0.15) is 5.10 Å². The topological polar surface area (TPSA) is 82.6 Å². The highest BCUT2D eigenvalue weighted by Gasteiger charge is 2.20. The standard InChI is InChI=1S/C14H15ClN4O2/c1-3-4-12(20)17-11-6-5-9(7-10(11)15)13-8(2)16-14(21)19-18-13/h3-8H,1-2H3,(H,17,20)(H2,16,19,21)/b4-3+. The van der Waals surface area contributed by atoms with Gasteiger partial charge in [0.25, 0.3) is 0 Å². The molecular weight excluding hydrogens is 292 g/mol. The molecule has 2 rings (SSSR count). The van der Waals surface area contributed by atoms with E-state index in [1.54, 1.807) is 31.2 Å². The molecule has 0 bridgehead atoms. The van der Waals surface area contributed by atoms with Gasteiger partial charge in [-0.1, -0.05) is 23.7 Å². The van der Waals surface area contributed by atoms with Gasteiger partial charge in [0, 0.05) is 5.56 Å². The molecule has 1 aliphatic rings. The minimum Gasteiger partial charge on any atom is -0.328 e. The van der Waals surface area contributed by atoms with Crippen molar-refractivity contribution in [3.8, 4) is 0 Å². The Balaban J connectivity index is 2.23. The smallest absolute Gasteiger partial charge is 0.328 e. The third-order valence-electron chi connectivity index (χ3n) is 2.88. The lowest BCUT2D eigenvalue weighted by Gasteiger charge is -2.21. The largest absolute Gasteiger partial charge is 0.335 e. The number of rotatable bonds is 3. The fourth-order valence-corrected chi connectivity index (χ4v) is 2.15. The molecule has 110 valence electrons. The van der Waals surface area contributed by atoms with E-state index in [-0.39, 0.29) is 18.0 Å². The normalized spacial score (nSPS) is 18.0. The molecule has 21 heavy (non-hydrogen) atoms. The molecule has 3 N–H and O–H groups in total. The molecule has 7 heteroatoms. The van der Waals surface area contributed by atoms with Gasteiger partial charge in [0.2, 0.25) is 5.91 Å². The average Bonchev–Trinajstić information content (AvgIpc) is 2.41. The fraction of sp³-hybridized carbons (Fsp3) is 0.214. The molecule has 0 radical (unpaired) electrons. The first kappa shape index (κ1) is 15.1. The highest BCUT2D eigenvalue weighted by molar-refractivity contribution is 6.34. The van der Waals surface area contributed by atoms with Crippen molar-refractivity contribution in [3.05, 3.63) is 40.9 Å². The third kappa shape index (κ3) is 3.61. The van der Waals surface area contributed by atoms with Crippen LogP contribution in [0, 0.1) is 0 Å². The minimum absolute atomic E-state index is 0.224. The number of allylic oxidation sites excluding steroid dienone is 1. The molecule has 1 heterocycles. The molecule has 0 fully saturated rings. The summed E-state index contributed by atoms with van der Waals surface area (Å²) in [4.78, 5) is 22.6. The van der Waals surface area contributed by atoms with Gasteiger partial charge in [-0.25, -0.2) is 10.2 Å². The van der Waals surface area contributed by atoms with Crippen LogP contribution >= 0.6 is 11.6 Å². The predicted octanol–water partition coefficient (Wildman–Crippen LogP) is 2.26. The first-order valence-corrected chi connectivity index (χ1v) is 6.76. The van der Waals surface area contributed by atoms with Crippen molar-refractivity contribution in [2.24, 2.45) is 5.10 Å². The van der Waals surface area contributed by atoms with E-state index in [4.69, 9.17) is 11.6 Å². The lowest BCUT2D eigenvalue weighted by Crippen LogP contribution is -2.48. The maximum Gasteiger partial charge on any atom is 0.335 e. The lowest BCUT2D eigenvalue weighted by atomic mass is 10.0. The molecule has 1 atom stereocenters. The zero-order valence-electron chi connectivity index (χ0n) is 11.6. The monoisotopic (exact) mass is 306 g/mol. The van der Waals surface area contributed by atoms with E-state index in [0.717, 1.165) is 5.56 Å². The molecule has 1 aromatic rings. The lowest BCUT2D eigenvalue weighted by molar-refractivity contribution is -0.111. The Morgan fingerprint density at radius 1 is 1.48 bits per heavy atom. The number of urea groups is 1. The molecule has 0 spiro atoms. The third-order valence-corrected chi connectivity index (χ3v) is 3.19. The van der Waals surface area contributed by atoms with E-state index < -0.39 is 0 Å². The molecule has 0 saturated carbocycles. The Morgan fingerprint density at radius 2 is 2.24 bits per heavy atom. The Morgan fingerprint density at radius 3 is 2.86 bits per heavy atom. The fourth-order valence-electron chi connectivity index (χ4n) is 1.92. The number of benzene rings is 1. The highest BCUT2D eigenvalue weighted by Crippen LogP contribution is 2.24. The predicted molar refractivity (Wildman–Crippen MR) is 82.6 cm³/mol. The molecule has 0 aromatic heterocycles. The van der Waals surface area contributed by atoms with Crippen molar-refractivity contribution in [1.29, 1.82) is 0 Å². The number of amides is 3. The van der Waals surface area contributed by atoms with Gasteiger partial charge in [-0.3, -0.25) is 4.79 Å². The summed E-state index contributed by atoms with van der Waals surface area (Å²) in [6.07, 6.45) is 3.06. The van der Waals surface area contributed by atoms with Gasteiger partial charge in [-0.15, -0.1) is 0 Å². The van der Waals surface area contributed by atoms with E-state index in [0.29, 0.717) is 16.4 Å². The summed E-state index contributed by atoms with van der Waals surface area (Å²) in [5.74, 6) is -0.246. The van der Waals surface area contributed by atoms with Crippen molar-refractivity contribution in [3.63, 3.8) is 0 Å². The number of anilines is 1. The average molecular weight is 307 g/mol. The van der Waals surface area contributed by atoms with Gasteiger partial charge >= 0.3 is 6.03 Å². The summed E-state index contributed by atoms with van der Waals surface area (Å²) in [7, 11) is 0. The summed E-state index contributed by atoms with van der Waals surface area (Å²) >= 11 is 6.17. The van der Waals surface area contributed by atoms with Crippen LogP contribution in [0.25, 0.3) is 0 Å². The maximum absolute atomic E-state index is 11.5. The summed E-state index contributed by atoms with van der Waals surface area (Å²) in [5, 5.41) is 9.81. The Kier molecular flexibility index (Phi) is 4.59. The molecular formula is C14H15ClN4O2. The number of halogens is 1. The SMILES string of the molecule is C/C=C/C(=O)Nc1ccc(C2=NNC(=O)NC2C)cc1Cl. The summed E-state index contributed by atoms with van der Waals surface area (Å²) in [6.45, 7) is 3.58. The second-order valence-electron chi connectivity index (χ2n) is 4.49. The minimum atomic E-state index is -0.340. The summed E-state index contributed by atoms with van der Waals surface area (Å²) in [6, 6.07) is 4.61. The van der Waals surface area contributed by atoms with E-state index in [1.165, 1.54) is 6.08 Å². The number of carbonyl (C=O) groups is 2. The van der Waals surface area contributed by atoms with Crippen molar-refractivity contribution < 1.29 is 9.59 Å². The van der Waals surface area contributed by atoms with Crippen LogP contribution in [-0.2, 0) is 4.79 Å². The van der Waals surface area contributed by atoms with Gasteiger partial charge in [-0.05, 0) is 32.1 Å². The van der Waals surface area contributed by atoms with Crippen molar-refractivity contribution in [2.75, 3.05) is 5.32 Å². The number of nitrogens with zero attached hydrogens (tertiary/aromatic N) is 1. The van der Waals surface area contributed by atoms with Gasteiger partial charge in [0.15, 0.2) is 0 Å². The number of hydrogen-bond donors (Lipinski definition) is 3. The highest BCUT2D eigenvalue weighted by atomic mass is 35.5. The van der Waals surface area contributed by atoms with Crippen LogP contribution in [0.5, 0.6) is 0 Å². The van der Waals surface area contributed by atoms with E-state index >= 15 is 0 Å². The molecule has 0 aliphatic carbocycles. The number of nitrogens with one attached hydrogen (secondary N) is 3. The van der Waals surface area contributed by atoms with Gasteiger partial charge in [0.05, 0.1) is 22.5 Å². The molecule has 1 aliphatic heterocycles. The second-order valence-corrected chi connectivity index (χ2v) is 4.90. The molecule has 1 aromatic carbocycles. The number of carbonyl (C=O) groups excluding carboxylic acids is 2. The van der Waals surface area contributed by atoms with Crippen molar-refractivity contribution in [1.82, 2.24) is 10.7 Å². The first-order valence-electron chi connectivity index (χ1n) is 6.39. The number of hydrazone groups is 1. The summed E-state index contributed by atoms with van der Waals surface area (Å²) in [5.41, 5.74) is 4.32. The van der Waals surface area contributed by atoms with Gasteiger partial charge in [0.1, 0.15) is 0 Å². The Hall–Kier alpha value is -2.34. The van der Waals surface area contributed by atoms with Gasteiger partial charge < -0.3 is 10.6 Å². The van der Waals surface area contributed by atoms with Crippen LogP contribution in [0.15, 0.2) is 35.5 Å². The molecule has 6 nitrogen and oxygen atoms in total. The van der Waals surface area contributed by atoms with Crippen LogP contribution in [0.1, 0.15) is 19.4 Å². The Labute approximate surface area is 127 Å². The van der Waals surface area contributed by atoms with E-state index in [9.17, 15) is 9.59 Å². The van der Waals surface area contributed by atoms with Crippen LogP contribution in [0.3, 0.4) is 0 Å². The van der Waals surface area contributed by atoms with Crippen LogP contribution in [-0.4, -0.2) is 23.7 Å². The number of hydrogen-bond acceptors (Lipinski definition) is 3. The molecule has 3 amide bonds. The van der Waals surface area contributed by atoms with Crippen LogP contribution in [0.4, 0.5) is 10.5 Å². The van der Waals surface area contributed by atoms with E-state index in [2.05, 4.69) is 21.2 Å². The second kappa shape index (κ2) is 6.41. The molecule has 0 saturated heterocycles. The van der Waals surface area contributed by atoms with Crippen LogP contribution in [0.2, 0.25) is 5.02 Å². The van der Waals surface area contributed by atoms with Crippen LogP contribution < -0.4 is 16.1 Å².